The van der Waals surface area contributed by atoms with Crippen molar-refractivity contribution in [2.45, 2.75) is 25.7 Å². The van der Waals surface area contributed by atoms with Crippen LogP contribution in [0.25, 0.3) is 0 Å². The van der Waals surface area contributed by atoms with Gasteiger partial charge in [-0.2, -0.15) is 0 Å². The molecule has 0 bridgehead atoms. The molecule has 0 saturated heterocycles. The molecule has 1 atom stereocenters. The second-order valence-electron chi connectivity index (χ2n) is 3.42. The number of hydrogen-bond donors (Lipinski definition) is 1. The maximum absolute atomic E-state index is 11.5. The minimum Gasteiger partial charge on any atom is -0.508 e. The van der Waals surface area contributed by atoms with Crippen LogP contribution in [0.3, 0.4) is 0 Å². The van der Waals surface area contributed by atoms with Crippen molar-refractivity contribution in [1.82, 2.24) is 0 Å². The van der Waals surface area contributed by atoms with Gasteiger partial charge in [0.25, 0.3) is 0 Å². The van der Waals surface area contributed by atoms with Crippen molar-refractivity contribution in [3.63, 3.8) is 0 Å². The molecule has 1 aromatic carbocycles. The lowest BCUT2D eigenvalue weighted by Gasteiger charge is -2.15. The van der Waals surface area contributed by atoms with Gasteiger partial charge in [0.15, 0.2) is 0 Å². The van der Waals surface area contributed by atoms with Gasteiger partial charge in [-0.1, -0.05) is 31.5 Å². The highest BCUT2D eigenvalue weighted by molar-refractivity contribution is 5.78. The van der Waals surface area contributed by atoms with E-state index in [1.165, 1.54) is 7.11 Å². The molecule has 1 rings (SSSR count). The van der Waals surface area contributed by atoms with Crippen LogP contribution in [0.1, 0.15) is 31.2 Å². The Labute approximate surface area is 89.7 Å². The van der Waals surface area contributed by atoms with Crippen molar-refractivity contribution in [2.24, 2.45) is 0 Å². The number of rotatable bonds is 4. The first-order valence-electron chi connectivity index (χ1n) is 5.06. The fraction of sp³-hybridized carbons (Fsp3) is 0.417. The SMILES string of the molecule is CCCC(C(=O)OC)c1ccccc1O. The number of aromatic hydroxyl groups is 1. The molecule has 1 unspecified atom stereocenters. The Hall–Kier alpha value is -1.51. The summed E-state index contributed by atoms with van der Waals surface area (Å²) in [5.41, 5.74) is 0.645. The Balaban J connectivity index is 2.98. The van der Waals surface area contributed by atoms with Crippen molar-refractivity contribution < 1.29 is 14.6 Å². The van der Waals surface area contributed by atoms with Crippen molar-refractivity contribution in [3.8, 4) is 5.75 Å². The molecular formula is C12H16O3. The average Bonchev–Trinajstić information content (AvgIpc) is 2.26. The van der Waals surface area contributed by atoms with Gasteiger partial charge in [0.2, 0.25) is 0 Å². The Morgan fingerprint density at radius 3 is 2.67 bits per heavy atom. The van der Waals surface area contributed by atoms with Crippen LogP contribution in [-0.2, 0) is 9.53 Å². The lowest BCUT2D eigenvalue weighted by atomic mass is 9.94. The normalized spacial score (nSPS) is 12.1. The third-order valence-corrected chi connectivity index (χ3v) is 2.38. The number of hydrogen-bond acceptors (Lipinski definition) is 3. The van der Waals surface area contributed by atoms with Gasteiger partial charge in [-0.05, 0) is 12.5 Å². The molecular weight excluding hydrogens is 192 g/mol. The highest BCUT2D eigenvalue weighted by Crippen LogP contribution is 2.29. The van der Waals surface area contributed by atoms with Gasteiger partial charge >= 0.3 is 5.97 Å². The summed E-state index contributed by atoms with van der Waals surface area (Å²) in [6.07, 6.45) is 1.55. The van der Waals surface area contributed by atoms with Crippen LogP contribution < -0.4 is 0 Å². The molecule has 0 aromatic heterocycles. The fourth-order valence-electron chi connectivity index (χ4n) is 1.61. The molecule has 0 saturated carbocycles. The first-order valence-corrected chi connectivity index (χ1v) is 5.06. The van der Waals surface area contributed by atoms with Gasteiger partial charge in [0.1, 0.15) is 5.75 Å². The largest absolute Gasteiger partial charge is 0.508 e. The summed E-state index contributed by atoms with van der Waals surface area (Å²) in [5, 5.41) is 9.64. The van der Waals surface area contributed by atoms with E-state index in [9.17, 15) is 9.90 Å². The van der Waals surface area contributed by atoms with Crippen LogP contribution in [0.15, 0.2) is 24.3 Å². The van der Waals surface area contributed by atoms with E-state index in [1.807, 2.05) is 6.92 Å². The number of carbonyl (C=O) groups excluding carboxylic acids is 1. The first-order chi connectivity index (χ1) is 7.20. The Bertz CT molecular complexity index is 333. The Morgan fingerprint density at radius 1 is 1.47 bits per heavy atom. The zero-order chi connectivity index (χ0) is 11.3. The molecule has 0 amide bonds. The van der Waals surface area contributed by atoms with E-state index in [1.54, 1.807) is 24.3 Å². The summed E-state index contributed by atoms with van der Waals surface area (Å²) in [5.74, 6) is -0.499. The molecule has 15 heavy (non-hydrogen) atoms. The number of methoxy groups -OCH3 is 1. The molecule has 0 aliphatic heterocycles. The second kappa shape index (κ2) is 5.39. The molecule has 0 aliphatic rings. The van der Waals surface area contributed by atoms with Gasteiger partial charge in [-0.15, -0.1) is 0 Å². The highest BCUT2D eigenvalue weighted by Gasteiger charge is 2.22. The monoisotopic (exact) mass is 208 g/mol. The fourth-order valence-corrected chi connectivity index (χ4v) is 1.61. The molecule has 0 aliphatic carbocycles. The molecule has 1 aromatic rings. The molecule has 0 heterocycles. The minimum atomic E-state index is -0.360. The van der Waals surface area contributed by atoms with Crippen LogP contribution in [-0.4, -0.2) is 18.2 Å². The summed E-state index contributed by atoms with van der Waals surface area (Å²) < 4.78 is 4.72. The van der Waals surface area contributed by atoms with E-state index in [2.05, 4.69) is 0 Å². The van der Waals surface area contributed by atoms with Gasteiger partial charge in [0.05, 0.1) is 13.0 Å². The minimum absolute atomic E-state index is 0.154. The van der Waals surface area contributed by atoms with Gasteiger partial charge in [0, 0.05) is 5.56 Å². The Kier molecular flexibility index (Phi) is 4.16. The second-order valence-corrected chi connectivity index (χ2v) is 3.42. The van der Waals surface area contributed by atoms with Crippen LogP contribution in [0.4, 0.5) is 0 Å². The highest BCUT2D eigenvalue weighted by atomic mass is 16.5. The third-order valence-electron chi connectivity index (χ3n) is 2.38. The van der Waals surface area contributed by atoms with Crippen LogP contribution in [0.2, 0.25) is 0 Å². The van der Waals surface area contributed by atoms with Crippen LogP contribution >= 0.6 is 0 Å². The van der Waals surface area contributed by atoms with E-state index in [-0.39, 0.29) is 17.6 Å². The zero-order valence-electron chi connectivity index (χ0n) is 9.06. The van der Waals surface area contributed by atoms with Gasteiger partial charge < -0.3 is 9.84 Å². The molecule has 82 valence electrons. The summed E-state index contributed by atoms with van der Waals surface area (Å²) in [6.45, 7) is 2.00. The van der Waals surface area contributed by atoms with Crippen LogP contribution in [0, 0.1) is 0 Å². The molecule has 0 radical (unpaired) electrons. The number of carbonyl (C=O) groups is 1. The lowest BCUT2D eigenvalue weighted by molar-refractivity contribution is -0.142. The quantitative estimate of drug-likeness (QED) is 0.773. The van der Waals surface area contributed by atoms with E-state index in [0.29, 0.717) is 12.0 Å². The Morgan fingerprint density at radius 2 is 2.13 bits per heavy atom. The average molecular weight is 208 g/mol. The third kappa shape index (κ3) is 2.72. The van der Waals surface area contributed by atoms with E-state index in [0.717, 1.165) is 6.42 Å². The molecule has 3 heteroatoms. The topological polar surface area (TPSA) is 46.5 Å². The maximum Gasteiger partial charge on any atom is 0.313 e. The molecule has 0 spiro atoms. The summed E-state index contributed by atoms with van der Waals surface area (Å²) in [4.78, 5) is 11.5. The standard InChI is InChI=1S/C12H16O3/c1-3-6-10(12(14)15-2)9-7-4-5-8-11(9)13/h4-5,7-8,10,13H,3,6H2,1-2H3. The van der Waals surface area contributed by atoms with Crippen molar-refractivity contribution in [2.75, 3.05) is 7.11 Å². The molecule has 3 nitrogen and oxygen atoms in total. The zero-order valence-corrected chi connectivity index (χ0v) is 9.06. The molecule has 0 fully saturated rings. The summed E-state index contributed by atoms with van der Waals surface area (Å²) in [7, 11) is 1.37. The van der Waals surface area contributed by atoms with E-state index in [4.69, 9.17) is 4.74 Å². The summed E-state index contributed by atoms with van der Waals surface area (Å²) >= 11 is 0. The van der Waals surface area contributed by atoms with E-state index < -0.39 is 0 Å². The predicted octanol–water partition coefficient (Wildman–Crippen LogP) is 2.45. The number of esters is 1. The number of phenols is 1. The van der Waals surface area contributed by atoms with E-state index >= 15 is 0 Å². The number of para-hydroxylation sites is 1. The maximum atomic E-state index is 11.5. The first kappa shape index (κ1) is 11.6. The van der Waals surface area contributed by atoms with Gasteiger partial charge in [-0.25, -0.2) is 0 Å². The van der Waals surface area contributed by atoms with Crippen LogP contribution in [0.5, 0.6) is 5.75 Å². The summed E-state index contributed by atoms with van der Waals surface area (Å²) in [6, 6.07) is 6.88. The van der Waals surface area contributed by atoms with Gasteiger partial charge in [-0.3, -0.25) is 4.79 Å². The predicted molar refractivity (Wildman–Crippen MR) is 57.8 cm³/mol. The lowest BCUT2D eigenvalue weighted by Crippen LogP contribution is -2.14. The van der Waals surface area contributed by atoms with Crippen molar-refractivity contribution in [3.05, 3.63) is 29.8 Å². The smallest absolute Gasteiger partial charge is 0.313 e. The van der Waals surface area contributed by atoms with Crippen molar-refractivity contribution in [1.29, 1.82) is 0 Å². The molecule has 1 N–H and O–H groups in total. The number of ether oxygens (including phenoxy) is 1. The number of benzene rings is 1. The van der Waals surface area contributed by atoms with Crippen molar-refractivity contribution >= 4 is 5.97 Å². The number of phenolic OH excluding ortho intramolecular Hbond substituents is 1.